The number of aromatic hydroxyl groups is 3. The number of phenols is 3. The maximum atomic E-state index is 11.9. The van der Waals surface area contributed by atoms with Gasteiger partial charge in [-0.05, 0) is 47.9 Å². The predicted octanol–water partition coefficient (Wildman–Crippen LogP) is 2.36. The molecule has 0 bridgehead atoms. The highest BCUT2D eigenvalue weighted by Gasteiger charge is 2.22. The number of carbonyl (C=O) groups is 2. The lowest BCUT2D eigenvalue weighted by molar-refractivity contribution is -0.160. The average Bonchev–Trinajstić information content (AvgIpc) is 2.58. The number of aliphatic carboxylic acids is 1. The van der Waals surface area contributed by atoms with Gasteiger partial charge in [0.25, 0.3) is 0 Å². The molecule has 0 aliphatic rings. The molecule has 0 spiro atoms. The Morgan fingerprint density at radius 1 is 1.04 bits per heavy atom. The van der Waals surface area contributed by atoms with Crippen LogP contribution in [-0.2, 0) is 20.7 Å². The van der Waals surface area contributed by atoms with Crippen LogP contribution in [0.4, 0.5) is 0 Å². The first kappa shape index (κ1) is 18.9. The third-order valence-electron chi connectivity index (χ3n) is 3.63. The van der Waals surface area contributed by atoms with Crippen molar-refractivity contribution < 1.29 is 34.8 Å². The van der Waals surface area contributed by atoms with Gasteiger partial charge in [-0.2, -0.15) is 0 Å². The minimum absolute atomic E-state index is 0.0456. The maximum absolute atomic E-state index is 11.9. The molecule has 7 heteroatoms. The molecule has 0 saturated carbocycles. The molecule has 26 heavy (non-hydrogen) atoms. The minimum atomic E-state index is -1.38. The van der Waals surface area contributed by atoms with Gasteiger partial charge in [-0.3, -0.25) is 0 Å². The van der Waals surface area contributed by atoms with Crippen LogP contribution in [0.15, 0.2) is 42.5 Å². The van der Waals surface area contributed by atoms with E-state index in [1.54, 1.807) is 19.1 Å². The normalized spacial score (nSPS) is 12.0. The van der Waals surface area contributed by atoms with Crippen LogP contribution < -0.4 is 0 Å². The van der Waals surface area contributed by atoms with Crippen LogP contribution in [0.25, 0.3) is 6.08 Å². The van der Waals surface area contributed by atoms with Crippen molar-refractivity contribution in [1.82, 2.24) is 0 Å². The van der Waals surface area contributed by atoms with Crippen molar-refractivity contribution in [3.8, 4) is 17.2 Å². The second kappa shape index (κ2) is 8.06. The van der Waals surface area contributed by atoms with E-state index in [0.717, 1.165) is 6.08 Å². The first-order chi connectivity index (χ1) is 12.3. The van der Waals surface area contributed by atoms with E-state index in [1.807, 2.05) is 0 Å². The molecule has 0 heterocycles. The first-order valence-corrected chi connectivity index (χ1v) is 7.68. The van der Waals surface area contributed by atoms with Gasteiger partial charge in [-0.25, -0.2) is 9.59 Å². The van der Waals surface area contributed by atoms with Crippen LogP contribution in [0.1, 0.15) is 16.7 Å². The van der Waals surface area contributed by atoms with Crippen LogP contribution in [0.5, 0.6) is 17.2 Å². The van der Waals surface area contributed by atoms with E-state index < -0.39 is 18.0 Å². The summed E-state index contributed by atoms with van der Waals surface area (Å²) in [4.78, 5) is 23.2. The number of benzene rings is 2. The number of aryl methyl sites for hydroxylation is 1. The Hall–Kier alpha value is -3.48. The zero-order valence-electron chi connectivity index (χ0n) is 13.9. The Bertz CT molecular complexity index is 855. The molecule has 0 unspecified atom stereocenters. The van der Waals surface area contributed by atoms with E-state index in [1.165, 1.54) is 30.3 Å². The molecule has 0 saturated heterocycles. The van der Waals surface area contributed by atoms with E-state index in [-0.39, 0.29) is 23.7 Å². The number of hydrogen-bond acceptors (Lipinski definition) is 6. The topological polar surface area (TPSA) is 124 Å². The van der Waals surface area contributed by atoms with Gasteiger partial charge in [0.05, 0.1) is 0 Å². The smallest absolute Gasteiger partial charge is 0.345 e. The number of rotatable bonds is 6. The van der Waals surface area contributed by atoms with Gasteiger partial charge in [0.15, 0.2) is 11.5 Å². The van der Waals surface area contributed by atoms with Crippen molar-refractivity contribution in [2.24, 2.45) is 0 Å². The summed E-state index contributed by atoms with van der Waals surface area (Å²) in [7, 11) is 0. The first-order valence-electron chi connectivity index (χ1n) is 7.68. The van der Waals surface area contributed by atoms with Gasteiger partial charge in [0, 0.05) is 12.5 Å². The molecule has 4 N–H and O–H groups in total. The van der Waals surface area contributed by atoms with Crippen molar-refractivity contribution in [1.29, 1.82) is 0 Å². The Morgan fingerprint density at radius 3 is 2.35 bits per heavy atom. The number of phenolic OH excluding ortho intramolecular Hbond substituents is 3. The fourth-order valence-corrected chi connectivity index (χ4v) is 2.23. The molecule has 0 amide bonds. The van der Waals surface area contributed by atoms with Gasteiger partial charge >= 0.3 is 11.9 Å². The van der Waals surface area contributed by atoms with Gasteiger partial charge < -0.3 is 25.2 Å². The lowest BCUT2D eigenvalue weighted by Gasteiger charge is -2.13. The van der Waals surface area contributed by atoms with Crippen molar-refractivity contribution in [2.45, 2.75) is 19.4 Å². The summed E-state index contributed by atoms with van der Waals surface area (Å²) in [5, 5.41) is 37.4. The number of carboxylic acids is 1. The van der Waals surface area contributed by atoms with Gasteiger partial charge in [0.2, 0.25) is 6.10 Å². The van der Waals surface area contributed by atoms with Crippen molar-refractivity contribution in [3.63, 3.8) is 0 Å². The lowest BCUT2D eigenvalue weighted by Crippen LogP contribution is -2.28. The van der Waals surface area contributed by atoms with Crippen molar-refractivity contribution in [2.75, 3.05) is 0 Å². The summed E-state index contributed by atoms with van der Waals surface area (Å²) in [5.74, 6) is -2.69. The molecule has 0 fully saturated rings. The number of carboxylic acid groups (broad SMARTS) is 1. The Morgan fingerprint density at radius 2 is 1.73 bits per heavy atom. The number of ether oxygens (including phenoxy) is 1. The number of hydrogen-bond donors (Lipinski definition) is 4. The molecular weight excluding hydrogens is 340 g/mol. The molecule has 0 aliphatic heterocycles. The lowest BCUT2D eigenvalue weighted by atomic mass is 10.0. The van der Waals surface area contributed by atoms with Crippen LogP contribution in [0.2, 0.25) is 0 Å². The standard InChI is InChI=1S/C19H18O7/c1-11-8-13(3-5-14(11)20)10-17(19(24)25)26-18(23)7-4-12-2-6-15(21)16(22)9-12/h2-9,17,20-22H,10H2,1H3,(H,24,25)/b7-4+/t17-/m1/s1. The number of esters is 1. The average molecular weight is 358 g/mol. The maximum Gasteiger partial charge on any atom is 0.345 e. The highest BCUT2D eigenvalue weighted by atomic mass is 16.6. The molecule has 0 aromatic heterocycles. The quantitative estimate of drug-likeness (QED) is 0.355. The molecular formula is C19H18O7. The molecule has 2 aromatic rings. The zero-order valence-corrected chi connectivity index (χ0v) is 13.9. The fraction of sp³-hybridized carbons (Fsp3) is 0.158. The third-order valence-corrected chi connectivity index (χ3v) is 3.63. The Labute approximate surface area is 149 Å². The molecule has 1 atom stereocenters. The summed E-state index contributed by atoms with van der Waals surface area (Å²) in [6, 6.07) is 8.59. The van der Waals surface area contributed by atoms with Gasteiger partial charge in [0.1, 0.15) is 5.75 Å². The molecule has 2 rings (SSSR count). The molecule has 0 radical (unpaired) electrons. The SMILES string of the molecule is Cc1cc(C[C@@H](OC(=O)/C=C/c2ccc(O)c(O)c2)C(=O)O)ccc1O. The van der Waals surface area contributed by atoms with Crippen LogP contribution >= 0.6 is 0 Å². The van der Waals surface area contributed by atoms with Crippen LogP contribution in [-0.4, -0.2) is 38.5 Å². The van der Waals surface area contributed by atoms with Crippen LogP contribution in [0, 0.1) is 6.92 Å². The Balaban J connectivity index is 2.05. The molecule has 0 aliphatic carbocycles. The molecule has 2 aromatic carbocycles. The summed E-state index contributed by atoms with van der Waals surface area (Å²) >= 11 is 0. The summed E-state index contributed by atoms with van der Waals surface area (Å²) in [5.41, 5.74) is 1.62. The highest BCUT2D eigenvalue weighted by molar-refractivity contribution is 5.89. The second-order valence-electron chi connectivity index (χ2n) is 5.67. The summed E-state index contributed by atoms with van der Waals surface area (Å²) < 4.78 is 4.96. The van der Waals surface area contributed by atoms with E-state index in [0.29, 0.717) is 16.7 Å². The zero-order chi connectivity index (χ0) is 19.3. The van der Waals surface area contributed by atoms with Crippen molar-refractivity contribution >= 4 is 18.0 Å². The summed E-state index contributed by atoms with van der Waals surface area (Å²) in [6.07, 6.45) is 0.926. The van der Waals surface area contributed by atoms with E-state index in [9.17, 15) is 30.0 Å². The van der Waals surface area contributed by atoms with Gasteiger partial charge in [-0.15, -0.1) is 0 Å². The highest BCUT2D eigenvalue weighted by Crippen LogP contribution is 2.25. The van der Waals surface area contributed by atoms with E-state index >= 15 is 0 Å². The fourth-order valence-electron chi connectivity index (χ4n) is 2.23. The summed E-state index contributed by atoms with van der Waals surface area (Å²) in [6.45, 7) is 1.68. The predicted molar refractivity (Wildman–Crippen MR) is 92.9 cm³/mol. The second-order valence-corrected chi connectivity index (χ2v) is 5.67. The molecule has 136 valence electrons. The van der Waals surface area contributed by atoms with E-state index in [4.69, 9.17) is 4.74 Å². The van der Waals surface area contributed by atoms with Gasteiger partial charge in [-0.1, -0.05) is 18.2 Å². The van der Waals surface area contributed by atoms with Crippen molar-refractivity contribution in [3.05, 3.63) is 59.2 Å². The number of carbonyl (C=O) groups excluding carboxylic acids is 1. The monoisotopic (exact) mass is 358 g/mol. The van der Waals surface area contributed by atoms with E-state index in [2.05, 4.69) is 0 Å². The molecule has 7 nitrogen and oxygen atoms in total. The largest absolute Gasteiger partial charge is 0.508 e. The Kier molecular flexibility index (Phi) is 5.85. The minimum Gasteiger partial charge on any atom is -0.508 e. The third kappa shape index (κ3) is 5.01. The van der Waals surface area contributed by atoms with Crippen LogP contribution in [0.3, 0.4) is 0 Å².